The predicted molar refractivity (Wildman–Crippen MR) is 56.8 cm³/mol. The molecular weight excluding hydrogens is 200 g/mol. The van der Waals surface area contributed by atoms with Gasteiger partial charge in [0.1, 0.15) is 0 Å². The Hall–Kier alpha value is -1.28. The van der Waals surface area contributed by atoms with Crippen molar-refractivity contribution in [3.8, 4) is 0 Å². The highest BCUT2D eigenvalue weighted by molar-refractivity contribution is 6.29. The molecule has 14 heavy (non-hydrogen) atoms. The monoisotopic (exact) mass is 210 g/mol. The quantitative estimate of drug-likeness (QED) is 0.833. The van der Waals surface area contributed by atoms with E-state index in [1.807, 2.05) is 13.0 Å². The van der Waals surface area contributed by atoms with Crippen molar-refractivity contribution in [1.82, 2.24) is 0 Å². The van der Waals surface area contributed by atoms with Crippen LogP contribution in [0.1, 0.15) is 21.5 Å². The molecule has 1 aromatic rings. The topological polar surface area (TPSA) is 37.3 Å². The van der Waals surface area contributed by atoms with Gasteiger partial charge in [-0.1, -0.05) is 35.9 Å². The molecule has 0 heterocycles. The highest BCUT2D eigenvalue weighted by atomic mass is 35.5. The maximum Gasteiger partial charge on any atom is 0.335 e. The molecule has 2 nitrogen and oxygen atoms in total. The number of carboxylic acids is 1. The van der Waals surface area contributed by atoms with Gasteiger partial charge in [-0.05, 0) is 18.6 Å². The van der Waals surface area contributed by atoms with Crippen molar-refractivity contribution in [2.24, 2.45) is 0 Å². The zero-order valence-corrected chi connectivity index (χ0v) is 8.64. The predicted octanol–water partition coefficient (Wildman–Crippen LogP) is 2.99. The number of aromatic carboxylic acids is 1. The van der Waals surface area contributed by atoms with E-state index in [2.05, 4.69) is 6.58 Å². The smallest absolute Gasteiger partial charge is 0.335 e. The van der Waals surface area contributed by atoms with Crippen LogP contribution in [-0.2, 0) is 6.42 Å². The van der Waals surface area contributed by atoms with Crippen molar-refractivity contribution in [3.05, 3.63) is 46.5 Å². The lowest BCUT2D eigenvalue weighted by atomic mass is 10.0. The second kappa shape index (κ2) is 4.29. The molecule has 0 bridgehead atoms. The number of halogens is 1. The second-order valence-corrected chi connectivity index (χ2v) is 3.69. The summed E-state index contributed by atoms with van der Waals surface area (Å²) in [6.45, 7) is 5.40. The zero-order valence-electron chi connectivity index (χ0n) is 7.88. The molecule has 0 radical (unpaired) electrons. The lowest BCUT2D eigenvalue weighted by Crippen LogP contribution is -2.02. The van der Waals surface area contributed by atoms with E-state index in [9.17, 15) is 4.79 Å². The van der Waals surface area contributed by atoms with Gasteiger partial charge in [-0.3, -0.25) is 0 Å². The Bertz CT molecular complexity index is 383. The molecular formula is C11H11ClO2. The molecule has 0 amide bonds. The molecule has 1 N–H and O–H groups in total. The van der Waals surface area contributed by atoms with Gasteiger partial charge in [-0.2, -0.15) is 0 Å². The van der Waals surface area contributed by atoms with Gasteiger partial charge in [-0.15, -0.1) is 0 Å². The normalized spacial score (nSPS) is 9.86. The average Bonchev–Trinajstić information content (AvgIpc) is 2.07. The maximum absolute atomic E-state index is 10.9. The Morgan fingerprint density at radius 3 is 2.71 bits per heavy atom. The Balaban J connectivity index is 3.14. The standard InChI is InChI=1S/C11H11ClO2/c1-7-3-4-9(6-8(2)12)10(5-7)11(13)14/h3-5H,2,6H2,1H3,(H,13,14). The van der Waals surface area contributed by atoms with E-state index >= 15 is 0 Å². The fourth-order valence-corrected chi connectivity index (χ4v) is 1.39. The molecule has 0 aliphatic rings. The van der Waals surface area contributed by atoms with Crippen LogP contribution in [0.15, 0.2) is 29.8 Å². The number of aryl methyl sites for hydroxylation is 1. The van der Waals surface area contributed by atoms with Crippen molar-refractivity contribution in [1.29, 1.82) is 0 Å². The summed E-state index contributed by atoms with van der Waals surface area (Å²) in [5.41, 5.74) is 1.92. The van der Waals surface area contributed by atoms with Crippen molar-refractivity contribution >= 4 is 17.6 Å². The number of hydrogen-bond donors (Lipinski definition) is 1. The first-order chi connectivity index (χ1) is 6.50. The third-order valence-electron chi connectivity index (χ3n) is 1.88. The maximum atomic E-state index is 10.9. The molecule has 0 unspecified atom stereocenters. The van der Waals surface area contributed by atoms with Crippen LogP contribution in [0.4, 0.5) is 0 Å². The molecule has 74 valence electrons. The third-order valence-corrected chi connectivity index (χ3v) is 2.01. The van der Waals surface area contributed by atoms with E-state index < -0.39 is 5.97 Å². The number of carboxylic acid groups (broad SMARTS) is 1. The van der Waals surface area contributed by atoms with Crippen LogP contribution in [0.25, 0.3) is 0 Å². The van der Waals surface area contributed by atoms with Crippen molar-refractivity contribution in [2.45, 2.75) is 13.3 Å². The molecule has 3 heteroatoms. The van der Waals surface area contributed by atoms with Gasteiger partial charge in [0.15, 0.2) is 0 Å². The second-order valence-electron chi connectivity index (χ2n) is 3.16. The Morgan fingerprint density at radius 2 is 2.21 bits per heavy atom. The SMILES string of the molecule is C=C(Cl)Cc1ccc(C)cc1C(=O)O. The van der Waals surface area contributed by atoms with Gasteiger partial charge in [0, 0.05) is 11.5 Å². The summed E-state index contributed by atoms with van der Waals surface area (Å²) >= 11 is 5.64. The highest BCUT2D eigenvalue weighted by Gasteiger charge is 2.10. The molecule has 0 spiro atoms. The van der Waals surface area contributed by atoms with Gasteiger partial charge in [0.25, 0.3) is 0 Å². The number of carbonyl (C=O) groups is 1. The van der Waals surface area contributed by atoms with Crippen molar-refractivity contribution < 1.29 is 9.90 Å². The number of benzene rings is 1. The van der Waals surface area contributed by atoms with E-state index in [-0.39, 0.29) is 0 Å². The summed E-state index contributed by atoms with van der Waals surface area (Å²) in [6, 6.07) is 5.27. The van der Waals surface area contributed by atoms with Crippen LogP contribution >= 0.6 is 11.6 Å². The number of hydrogen-bond acceptors (Lipinski definition) is 1. The van der Waals surface area contributed by atoms with E-state index in [1.165, 1.54) is 0 Å². The van der Waals surface area contributed by atoms with Crippen molar-refractivity contribution in [3.63, 3.8) is 0 Å². The lowest BCUT2D eigenvalue weighted by Gasteiger charge is -2.05. The molecule has 1 aromatic carbocycles. The first-order valence-corrected chi connectivity index (χ1v) is 4.54. The molecule has 0 aliphatic carbocycles. The Morgan fingerprint density at radius 1 is 1.57 bits per heavy atom. The molecule has 0 fully saturated rings. The van der Waals surface area contributed by atoms with Gasteiger partial charge < -0.3 is 5.11 Å². The van der Waals surface area contributed by atoms with Gasteiger partial charge in [0.05, 0.1) is 5.56 Å². The largest absolute Gasteiger partial charge is 0.478 e. The third kappa shape index (κ3) is 2.60. The average molecular weight is 211 g/mol. The minimum atomic E-state index is -0.929. The fourth-order valence-electron chi connectivity index (χ4n) is 1.25. The summed E-state index contributed by atoms with van der Waals surface area (Å²) < 4.78 is 0. The minimum absolute atomic E-state index is 0.298. The minimum Gasteiger partial charge on any atom is -0.478 e. The summed E-state index contributed by atoms with van der Waals surface area (Å²) in [5.74, 6) is -0.929. The van der Waals surface area contributed by atoms with E-state index in [1.54, 1.807) is 12.1 Å². The Kier molecular flexibility index (Phi) is 3.31. The van der Waals surface area contributed by atoms with Crippen LogP contribution in [0, 0.1) is 6.92 Å². The van der Waals surface area contributed by atoms with Crippen molar-refractivity contribution in [2.75, 3.05) is 0 Å². The van der Waals surface area contributed by atoms with Gasteiger partial charge in [0.2, 0.25) is 0 Å². The van der Waals surface area contributed by atoms with Crippen LogP contribution in [0.3, 0.4) is 0 Å². The molecule has 0 atom stereocenters. The fraction of sp³-hybridized carbons (Fsp3) is 0.182. The number of rotatable bonds is 3. The van der Waals surface area contributed by atoms with Crippen LogP contribution in [-0.4, -0.2) is 11.1 Å². The van der Waals surface area contributed by atoms with Crippen LogP contribution in [0.5, 0.6) is 0 Å². The summed E-state index contributed by atoms with van der Waals surface area (Å²) in [4.78, 5) is 10.9. The summed E-state index contributed by atoms with van der Waals surface area (Å²) in [7, 11) is 0. The first kappa shape index (κ1) is 10.8. The lowest BCUT2D eigenvalue weighted by molar-refractivity contribution is 0.0696. The summed E-state index contributed by atoms with van der Waals surface area (Å²) in [6.07, 6.45) is 0.392. The van der Waals surface area contributed by atoms with E-state index in [4.69, 9.17) is 16.7 Å². The zero-order chi connectivity index (χ0) is 10.7. The molecule has 0 saturated heterocycles. The highest BCUT2D eigenvalue weighted by Crippen LogP contribution is 2.16. The van der Waals surface area contributed by atoms with E-state index in [0.717, 1.165) is 5.56 Å². The molecule has 0 aromatic heterocycles. The van der Waals surface area contributed by atoms with Crippen LogP contribution < -0.4 is 0 Å². The Labute approximate surface area is 87.8 Å². The molecule has 1 rings (SSSR count). The molecule has 0 saturated carbocycles. The summed E-state index contributed by atoms with van der Waals surface area (Å²) in [5, 5.41) is 9.37. The van der Waals surface area contributed by atoms with Crippen LogP contribution in [0.2, 0.25) is 0 Å². The van der Waals surface area contributed by atoms with Gasteiger partial charge in [-0.25, -0.2) is 4.79 Å². The van der Waals surface area contributed by atoms with Gasteiger partial charge >= 0.3 is 5.97 Å². The first-order valence-electron chi connectivity index (χ1n) is 4.17. The molecule has 0 aliphatic heterocycles. The van der Waals surface area contributed by atoms with E-state index in [0.29, 0.717) is 22.6 Å². The number of allylic oxidation sites excluding steroid dienone is 1.